The molecule has 0 aliphatic carbocycles. The fraction of sp³-hybridized carbons (Fsp3) is 0.360. The highest BCUT2D eigenvalue weighted by Gasteiger charge is 2.39. The molecule has 0 bridgehead atoms. The van der Waals surface area contributed by atoms with Gasteiger partial charge < -0.3 is 26.2 Å². The molecule has 22 heteroatoms. The fourth-order valence-electron chi connectivity index (χ4n) is 4.32. The van der Waals surface area contributed by atoms with Crippen molar-refractivity contribution < 1.29 is 59.7 Å². The van der Waals surface area contributed by atoms with Crippen LogP contribution < -0.4 is 16.0 Å². The number of nitrogens with one attached hydrogen (secondary N) is 1. The van der Waals surface area contributed by atoms with E-state index in [-0.39, 0.29) is 17.8 Å². The van der Waals surface area contributed by atoms with E-state index in [0.29, 0.717) is 40.5 Å². The normalized spacial score (nSPS) is 15.2. The summed E-state index contributed by atoms with van der Waals surface area (Å²) in [5.74, 6) is -8.25. The zero-order chi connectivity index (χ0) is 35.5. The summed E-state index contributed by atoms with van der Waals surface area (Å²) in [5.41, 5.74) is 7.61. The Morgan fingerprint density at radius 2 is 1.70 bits per heavy atom. The third-order valence-electron chi connectivity index (χ3n) is 6.29. The van der Waals surface area contributed by atoms with Gasteiger partial charge in [0.25, 0.3) is 11.8 Å². The molecule has 5 rings (SSSR count). The van der Waals surface area contributed by atoms with Crippen LogP contribution in [-0.4, -0.2) is 83.4 Å². The van der Waals surface area contributed by atoms with Crippen molar-refractivity contribution in [3.63, 3.8) is 0 Å². The molecular weight excluding hydrogens is 680 g/mol. The number of carboxylic acids is 2. The molecule has 1 fully saturated rings. The van der Waals surface area contributed by atoms with Gasteiger partial charge in [-0.1, -0.05) is 11.6 Å². The number of imidazole rings is 1. The summed E-state index contributed by atoms with van der Waals surface area (Å²) < 4.78 is 95.1. The molecule has 1 amide bonds. The van der Waals surface area contributed by atoms with Gasteiger partial charge in [0.2, 0.25) is 0 Å². The lowest BCUT2D eigenvalue weighted by atomic mass is 10.0. The van der Waals surface area contributed by atoms with E-state index in [4.69, 9.17) is 37.1 Å². The van der Waals surface area contributed by atoms with Gasteiger partial charge in [-0.05, 0) is 25.5 Å². The highest BCUT2D eigenvalue weighted by atomic mass is 35.5. The molecule has 5 heterocycles. The van der Waals surface area contributed by atoms with Crippen LogP contribution in [0.25, 0.3) is 11.2 Å². The summed E-state index contributed by atoms with van der Waals surface area (Å²) in [7, 11) is 0. The third-order valence-corrected chi connectivity index (χ3v) is 6.60. The van der Waals surface area contributed by atoms with Crippen molar-refractivity contribution in [3.8, 4) is 0 Å². The van der Waals surface area contributed by atoms with Gasteiger partial charge in [-0.25, -0.2) is 32.9 Å². The van der Waals surface area contributed by atoms with E-state index in [1.807, 2.05) is 0 Å². The number of aromatic nitrogens is 5. The van der Waals surface area contributed by atoms with E-state index in [0.717, 1.165) is 0 Å². The predicted molar refractivity (Wildman–Crippen MR) is 147 cm³/mol. The number of carbonyl (C=O) groups is 3. The number of nitrogen functional groups attached to an aromatic ring is 1. The summed E-state index contributed by atoms with van der Waals surface area (Å²) in [4.78, 5) is 40.9. The second-order valence-corrected chi connectivity index (χ2v) is 10.2. The van der Waals surface area contributed by atoms with Crippen molar-refractivity contribution in [3.05, 3.63) is 53.2 Å². The number of piperidine rings is 1. The average Bonchev–Trinajstić information content (AvgIpc) is 3.56. The van der Waals surface area contributed by atoms with E-state index in [1.165, 1.54) is 17.0 Å². The number of nitrogens with zero attached hydrogens (tertiary/aromatic N) is 6. The maximum absolute atomic E-state index is 14.3. The Bertz CT molecular complexity index is 1750. The van der Waals surface area contributed by atoms with Crippen LogP contribution in [0.1, 0.15) is 41.7 Å². The number of alkyl halides is 8. The number of carboxylic acid groups (broad SMARTS) is 2. The summed E-state index contributed by atoms with van der Waals surface area (Å²) in [6.45, 7) is 1.77. The number of fused-ring (bicyclic) bond motifs is 2. The van der Waals surface area contributed by atoms with Gasteiger partial charge in [0, 0.05) is 30.9 Å². The second kappa shape index (κ2) is 13.8. The first-order valence-electron chi connectivity index (χ1n) is 12.9. The van der Waals surface area contributed by atoms with E-state index in [2.05, 4.69) is 20.4 Å². The fourth-order valence-corrected chi connectivity index (χ4v) is 4.58. The first-order chi connectivity index (χ1) is 21.6. The van der Waals surface area contributed by atoms with Crippen LogP contribution in [0.5, 0.6) is 0 Å². The van der Waals surface area contributed by atoms with Crippen LogP contribution >= 0.6 is 11.6 Å². The van der Waals surface area contributed by atoms with Crippen molar-refractivity contribution >= 4 is 52.2 Å². The van der Waals surface area contributed by atoms with Crippen LogP contribution in [-0.2, 0) is 9.59 Å². The van der Waals surface area contributed by atoms with Crippen LogP contribution in [0, 0.1) is 0 Å². The lowest BCUT2D eigenvalue weighted by Crippen LogP contribution is -2.44. The minimum Gasteiger partial charge on any atom is -0.475 e. The second-order valence-electron chi connectivity index (χ2n) is 9.75. The Morgan fingerprint density at radius 3 is 2.26 bits per heavy atom. The van der Waals surface area contributed by atoms with E-state index in [9.17, 15) is 39.9 Å². The molecular formula is C25H23ClF8N8O5. The smallest absolute Gasteiger partial charge is 0.475 e. The van der Waals surface area contributed by atoms with Gasteiger partial charge in [0.1, 0.15) is 17.7 Å². The van der Waals surface area contributed by atoms with E-state index < -0.39 is 48.7 Å². The Kier molecular flexibility index (Phi) is 10.7. The molecule has 0 radical (unpaired) electrons. The van der Waals surface area contributed by atoms with Crippen molar-refractivity contribution in [2.45, 2.75) is 44.1 Å². The largest absolute Gasteiger partial charge is 0.490 e. The molecule has 1 aliphatic rings. The Hall–Kier alpha value is -4.95. The molecule has 0 saturated carbocycles. The topological polar surface area (TPSA) is 180 Å². The minimum atomic E-state index is -5.08. The van der Waals surface area contributed by atoms with Crippen molar-refractivity contribution in [2.75, 3.05) is 23.7 Å². The summed E-state index contributed by atoms with van der Waals surface area (Å²) in [6, 6.07) is 2.76. The quantitative estimate of drug-likeness (QED) is 0.220. The van der Waals surface area contributed by atoms with Gasteiger partial charge in [0.15, 0.2) is 11.5 Å². The van der Waals surface area contributed by atoms with Gasteiger partial charge in [-0.15, -0.1) is 5.10 Å². The molecule has 4 aromatic rings. The first kappa shape index (κ1) is 36.5. The number of aliphatic carboxylic acids is 2. The predicted octanol–water partition coefficient (Wildman–Crippen LogP) is 4.61. The number of anilines is 2. The monoisotopic (exact) mass is 702 g/mol. The number of hydrogen-bond acceptors (Lipinski definition) is 8. The number of nitrogens with two attached hydrogens (primary N) is 1. The minimum absolute atomic E-state index is 0.0393. The zero-order valence-electron chi connectivity index (χ0n) is 23.7. The summed E-state index contributed by atoms with van der Waals surface area (Å²) >= 11 is 6.47. The maximum Gasteiger partial charge on any atom is 0.490 e. The number of pyridine rings is 1. The van der Waals surface area contributed by atoms with Gasteiger partial charge >= 0.3 is 24.3 Å². The van der Waals surface area contributed by atoms with Gasteiger partial charge in [-0.2, -0.15) is 26.3 Å². The molecule has 5 N–H and O–H groups in total. The van der Waals surface area contributed by atoms with Crippen molar-refractivity contribution in [1.29, 1.82) is 0 Å². The molecule has 1 aliphatic heterocycles. The SMILES string of the molecule is CC(NC(=O)c1c(N)nn2cccnc12)c1cc(Cl)c2cncn2c1N1CCCC(F)(F)C1.O=C(O)C(F)(F)F.O=C(O)C(F)(F)F. The molecule has 0 aromatic carbocycles. The average molecular weight is 703 g/mol. The molecule has 0 spiro atoms. The lowest BCUT2D eigenvalue weighted by molar-refractivity contribution is -0.193. The molecule has 1 atom stereocenters. The van der Waals surface area contributed by atoms with Gasteiger partial charge in [-0.3, -0.25) is 9.20 Å². The molecule has 256 valence electrons. The number of rotatable bonds is 4. The van der Waals surface area contributed by atoms with Crippen LogP contribution in [0.4, 0.5) is 46.8 Å². The molecule has 1 unspecified atom stereocenters. The van der Waals surface area contributed by atoms with Crippen LogP contribution in [0.15, 0.2) is 37.1 Å². The number of halogens is 9. The molecule has 1 saturated heterocycles. The van der Waals surface area contributed by atoms with E-state index in [1.54, 1.807) is 40.8 Å². The Balaban J connectivity index is 0.000000360. The third kappa shape index (κ3) is 8.86. The van der Waals surface area contributed by atoms with Crippen molar-refractivity contribution in [2.24, 2.45) is 0 Å². The zero-order valence-corrected chi connectivity index (χ0v) is 24.4. The van der Waals surface area contributed by atoms with E-state index >= 15 is 0 Å². The highest BCUT2D eigenvalue weighted by Crippen LogP contribution is 2.37. The lowest BCUT2D eigenvalue weighted by Gasteiger charge is -2.36. The van der Waals surface area contributed by atoms with Crippen LogP contribution in [0.2, 0.25) is 5.02 Å². The van der Waals surface area contributed by atoms with Gasteiger partial charge in [0.05, 0.1) is 29.3 Å². The molecule has 4 aromatic heterocycles. The van der Waals surface area contributed by atoms with Crippen LogP contribution in [0.3, 0.4) is 0 Å². The first-order valence-corrected chi connectivity index (χ1v) is 13.3. The van der Waals surface area contributed by atoms with Crippen molar-refractivity contribution in [1.82, 2.24) is 29.3 Å². The highest BCUT2D eigenvalue weighted by molar-refractivity contribution is 6.34. The summed E-state index contributed by atoms with van der Waals surface area (Å²) in [6.07, 6.45) is -3.69. The Morgan fingerprint density at radius 1 is 1.11 bits per heavy atom. The number of carbonyl (C=O) groups excluding carboxylic acids is 1. The molecule has 47 heavy (non-hydrogen) atoms. The summed E-state index contributed by atoms with van der Waals surface area (Å²) in [5, 5.41) is 21.7. The standard InChI is InChI=1S/C21H21ClF2N8O.2C2HF3O2/c1-12(28-19(33)16-17(25)29-32-7-3-5-27-18(16)32)13-8-14(22)15-9-26-11-31(15)20(13)30-6-2-4-21(23,24)10-30;2*3-2(4,5)1(6)7/h3,5,7-9,11-12H,2,4,6,10H2,1H3,(H2,25,29)(H,28,33);2*(H,6,7). The Labute approximate surface area is 262 Å². The number of amides is 1. The molecule has 13 nitrogen and oxygen atoms in total. The number of hydrogen-bond donors (Lipinski definition) is 4. The maximum atomic E-state index is 14.3.